The summed E-state index contributed by atoms with van der Waals surface area (Å²) in [5, 5.41) is 3.30. The quantitative estimate of drug-likeness (QED) is 0.861. The monoisotopic (exact) mass is 296 g/mol. The fourth-order valence-corrected chi connectivity index (χ4v) is 2.80. The van der Waals surface area contributed by atoms with E-state index >= 15 is 0 Å². The van der Waals surface area contributed by atoms with Gasteiger partial charge < -0.3 is 15.0 Å². The molecule has 0 radical (unpaired) electrons. The molecule has 2 heterocycles. The molecule has 1 aromatic carbocycles. The summed E-state index contributed by atoms with van der Waals surface area (Å²) < 4.78 is 5.65. The number of rotatable bonds is 1. The Morgan fingerprint density at radius 2 is 2.05 bits per heavy atom. The van der Waals surface area contributed by atoms with E-state index in [1.54, 1.807) is 0 Å². The number of nitrogens with zero attached hydrogens (tertiary/aromatic N) is 1. The molecule has 1 fully saturated rings. The minimum Gasteiger partial charge on any atom is -0.372 e. The Balaban J connectivity index is 0.00000147. The minimum absolute atomic E-state index is 0. The van der Waals surface area contributed by atoms with Crippen LogP contribution in [0.3, 0.4) is 0 Å². The number of nitrogens with one attached hydrogen (secondary N) is 1. The van der Waals surface area contributed by atoms with Gasteiger partial charge in [0.25, 0.3) is 5.91 Å². The van der Waals surface area contributed by atoms with E-state index in [0.29, 0.717) is 19.7 Å². The molecule has 0 bridgehead atoms. The van der Waals surface area contributed by atoms with Crippen LogP contribution < -0.4 is 5.32 Å². The lowest BCUT2D eigenvalue weighted by Gasteiger charge is -2.38. The number of fused-ring (bicyclic) bond motifs is 1. The predicted molar refractivity (Wildman–Crippen MR) is 80.2 cm³/mol. The second-order valence-corrected chi connectivity index (χ2v) is 5.92. The van der Waals surface area contributed by atoms with Gasteiger partial charge in [0.1, 0.15) is 0 Å². The molecule has 1 aromatic rings. The van der Waals surface area contributed by atoms with Crippen molar-refractivity contribution in [1.29, 1.82) is 0 Å². The molecule has 3 rings (SSSR count). The van der Waals surface area contributed by atoms with Crippen molar-refractivity contribution >= 4 is 18.3 Å². The van der Waals surface area contributed by atoms with Crippen molar-refractivity contribution in [3.05, 3.63) is 34.9 Å². The van der Waals surface area contributed by atoms with Gasteiger partial charge in [-0.25, -0.2) is 0 Å². The van der Waals surface area contributed by atoms with Crippen molar-refractivity contribution < 1.29 is 9.53 Å². The maximum Gasteiger partial charge on any atom is 0.254 e. The number of hydrogen-bond donors (Lipinski definition) is 1. The van der Waals surface area contributed by atoms with Gasteiger partial charge >= 0.3 is 0 Å². The third-order valence-corrected chi connectivity index (χ3v) is 3.80. The molecule has 1 amide bonds. The Bertz CT molecular complexity index is 517. The molecule has 0 atom stereocenters. The van der Waals surface area contributed by atoms with Gasteiger partial charge in [-0.2, -0.15) is 0 Å². The molecule has 0 aliphatic carbocycles. The lowest BCUT2D eigenvalue weighted by Crippen LogP contribution is -2.50. The Morgan fingerprint density at radius 1 is 1.30 bits per heavy atom. The number of benzene rings is 1. The second kappa shape index (κ2) is 5.72. The smallest absolute Gasteiger partial charge is 0.254 e. The summed E-state index contributed by atoms with van der Waals surface area (Å²) in [6.07, 6.45) is 0. The Labute approximate surface area is 125 Å². The third kappa shape index (κ3) is 2.97. The minimum atomic E-state index is -0.244. The Morgan fingerprint density at radius 3 is 2.80 bits per heavy atom. The van der Waals surface area contributed by atoms with Crippen molar-refractivity contribution in [2.24, 2.45) is 0 Å². The Hall–Kier alpha value is -1.10. The summed E-state index contributed by atoms with van der Waals surface area (Å²) in [5.74, 6) is 0.117. The molecular weight excluding hydrogens is 276 g/mol. The van der Waals surface area contributed by atoms with Crippen LogP contribution >= 0.6 is 12.4 Å². The largest absolute Gasteiger partial charge is 0.372 e. The molecule has 0 aromatic heterocycles. The van der Waals surface area contributed by atoms with E-state index in [1.807, 2.05) is 30.9 Å². The molecule has 5 heteroatoms. The number of morpholine rings is 1. The average molecular weight is 297 g/mol. The molecule has 0 unspecified atom stereocenters. The molecule has 0 saturated carbocycles. The number of ether oxygens (including phenoxy) is 1. The number of amides is 1. The third-order valence-electron chi connectivity index (χ3n) is 3.80. The van der Waals surface area contributed by atoms with Crippen LogP contribution in [0.2, 0.25) is 0 Å². The van der Waals surface area contributed by atoms with E-state index in [1.165, 1.54) is 11.1 Å². The molecule has 0 spiro atoms. The van der Waals surface area contributed by atoms with Crippen LogP contribution in [0.4, 0.5) is 0 Å². The lowest BCUT2D eigenvalue weighted by molar-refractivity contribution is -0.0764. The summed E-state index contributed by atoms with van der Waals surface area (Å²) in [6, 6.07) is 6.03. The van der Waals surface area contributed by atoms with E-state index in [2.05, 4.69) is 11.4 Å². The van der Waals surface area contributed by atoms with Gasteiger partial charge in [0.05, 0.1) is 12.2 Å². The molecule has 4 nitrogen and oxygen atoms in total. The maximum absolute atomic E-state index is 12.5. The van der Waals surface area contributed by atoms with Crippen molar-refractivity contribution in [3.63, 3.8) is 0 Å². The van der Waals surface area contributed by atoms with E-state index in [-0.39, 0.29) is 23.9 Å². The van der Waals surface area contributed by atoms with Gasteiger partial charge in [-0.05, 0) is 37.1 Å². The molecule has 20 heavy (non-hydrogen) atoms. The van der Waals surface area contributed by atoms with Crippen LogP contribution in [0.25, 0.3) is 0 Å². The molecular formula is C15H21ClN2O2. The highest BCUT2D eigenvalue weighted by Gasteiger charge is 2.30. The summed E-state index contributed by atoms with van der Waals surface area (Å²) in [5.41, 5.74) is 3.10. The van der Waals surface area contributed by atoms with Gasteiger partial charge in [0.2, 0.25) is 0 Å². The van der Waals surface area contributed by atoms with Gasteiger partial charge in [-0.1, -0.05) is 6.07 Å². The molecule has 2 aliphatic heterocycles. The van der Waals surface area contributed by atoms with Gasteiger partial charge in [0.15, 0.2) is 0 Å². The van der Waals surface area contributed by atoms with Crippen LogP contribution in [0.1, 0.15) is 35.3 Å². The van der Waals surface area contributed by atoms with Crippen LogP contribution in [0.15, 0.2) is 18.2 Å². The van der Waals surface area contributed by atoms with E-state index in [9.17, 15) is 4.79 Å². The number of halogens is 1. The molecule has 1 N–H and O–H groups in total. The van der Waals surface area contributed by atoms with E-state index in [4.69, 9.17) is 4.74 Å². The zero-order valence-corrected chi connectivity index (χ0v) is 12.8. The second-order valence-electron chi connectivity index (χ2n) is 5.92. The zero-order valence-electron chi connectivity index (χ0n) is 11.9. The van der Waals surface area contributed by atoms with Crippen molar-refractivity contribution in [2.75, 3.05) is 19.7 Å². The number of carbonyl (C=O) groups is 1. The molecule has 110 valence electrons. The SMILES string of the molecule is CC1(C)CN(C(=O)c2ccc3c(c2)CNC3)CCO1.Cl. The van der Waals surface area contributed by atoms with Crippen LogP contribution in [0, 0.1) is 0 Å². The zero-order chi connectivity index (χ0) is 13.5. The summed E-state index contributed by atoms with van der Waals surface area (Å²) in [4.78, 5) is 14.4. The Kier molecular flexibility index (Phi) is 4.37. The lowest BCUT2D eigenvalue weighted by atomic mass is 10.0. The van der Waals surface area contributed by atoms with Crippen molar-refractivity contribution in [2.45, 2.75) is 32.5 Å². The molecule has 1 saturated heterocycles. The van der Waals surface area contributed by atoms with Crippen LogP contribution in [-0.2, 0) is 17.8 Å². The summed E-state index contributed by atoms with van der Waals surface area (Å²) >= 11 is 0. The highest BCUT2D eigenvalue weighted by atomic mass is 35.5. The predicted octanol–water partition coefficient (Wildman–Crippen LogP) is 1.96. The highest BCUT2D eigenvalue weighted by molar-refractivity contribution is 5.94. The van der Waals surface area contributed by atoms with Crippen LogP contribution in [-0.4, -0.2) is 36.1 Å². The summed E-state index contributed by atoms with van der Waals surface area (Å²) in [6.45, 7) is 7.78. The standard InChI is InChI=1S/C15H20N2O2.ClH/c1-15(2)10-17(5-6-19-15)14(18)11-3-4-12-8-16-9-13(12)7-11;/h3-4,7,16H,5-6,8-10H2,1-2H3;1H. The number of carbonyl (C=O) groups excluding carboxylic acids is 1. The topological polar surface area (TPSA) is 41.6 Å². The van der Waals surface area contributed by atoms with E-state index in [0.717, 1.165) is 18.7 Å². The van der Waals surface area contributed by atoms with Crippen LogP contribution in [0.5, 0.6) is 0 Å². The number of hydrogen-bond acceptors (Lipinski definition) is 3. The first-order valence-corrected chi connectivity index (χ1v) is 6.81. The summed E-state index contributed by atoms with van der Waals surface area (Å²) in [7, 11) is 0. The van der Waals surface area contributed by atoms with Crippen molar-refractivity contribution in [1.82, 2.24) is 10.2 Å². The fraction of sp³-hybridized carbons (Fsp3) is 0.533. The van der Waals surface area contributed by atoms with Crippen molar-refractivity contribution in [3.8, 4) is 0 Å². The fourth-order valence-electron chi connectivity index (χ4n) is 2.80. The highest BCUT2D eigenvalue weighted by Crippen LogP contribution is 2.21. The first-order valence-electron chi connectivity index (χ1n) is 6.81. The molecule has 2 aliphatic rings. The van der Waals surface area contributed by atoms with Gasteiger partial charge in [-0.15, -0.1) is 12.4 Å². The first kappa shape index (κ1) is 15.3. The van der Waals surface area contributed by atoms with E-state index < -0.39 is 0 Å². The first-order chi connectivity index (χ1) is 9.05. The average Bonchev–Trinajstić information content (AvgIpc) is 2.83. The van der Waals surface area contributed by atoms with Gasteiger partial charge in [0, 0.05) is 31.7 Å². The normalized spacial score (nSPS) is 20.2. The maximum atomic E-state index is 12.5. The van der Waals surface area contributed by atoms with Gasteiger partial charge in [-0.3, -0.25) is 4.79 Å².